The second-order valence-corrected chi connectivity index (χ2v) is 6.83. The van der Waals surface area contributed by atoms with Crippen LogP contribution >= 0.6 is 0 Å². The number of hydrogen-bond donors (Lipinski definition) is 2. The monoisotopic (exact) mass is 334 g/mol. The summed E-state index contributed by atoms with van der Waals surface area (Å²) in [5, 5.41) is 6.80. The molecule has 1 fully saturated rings. The van der Waals surface area contributed by atoms with Crippen LogP contribution in [0.1, 0.15) is 64.7 Å². The van der Waals surface area contributed by atoms with Gasteiger partial charge in [0.25, 0.3) is 0 Å². The topological polar surface area (TPSA) is 56.7 Å². The Hall–Kier alpha value is -1.52. The van der Waals surface area contributed by atoms with Crippen LogP contribution in [0.2, 0.25) is 0 Å². The molecule has 1 aliphatic carbocycles. The van der Waals surface area contributed by atoms with Gasteiger partial charge in [-0.1, -0.05) is 18.6 Å². The van der Waals surface area contributed by atoms with Gasteiger partial charge >= 0.3 is 0 Å². The molecule has 0 spiro atoms. The molecule has 0 bridgehead atoms. The lowest BCUT2D eigenvalue weighted by Gasteiger charge is -2.27. The maximum atomic E-state index is 11.9. The van der Waals surface area contributed by atoms with E-state index >= 15 is 0 Å². The summed E-state index contributed by atoms with van der Waals surface area (Å²) in [6.45, 7) is 4.89. The molecule has 1 heterocycles. The Morgan fingerprint density at radius 3 is 2.71 bits per heavy atom. The summed E-state index contributed by atoms with van der Waals surface area (Å²) in [6.07, 6.45) is 12.4. The van der Waals surface area contributed by atoms with Gasteiger partial charge < -0.3 is 15.5 Å². The van der Waals surface area contributed by atoms with Crippen LogP contribution in [0.25, 0.3) is 0 Å². The fraction of sp³-hybridized carbons (Fsp3) is 0.789. The fourth-order valence-electron chi connectivity index (χ4n) is 3.69. The van der Waals surface area contributed by atoms with Crippen molar-refractivity contribution in [3.63, 3.8) is 0 Å². The van der Waals surface area contributed by atoms with Gasteiger partial charge in [-0.2, -0.15) is 0 Å². The molecule has 0 aromatic rings. The molecule has 0 radical (unpaired) electrons. The largest absolute Gasteiger partial charge is 0.356 e. The Morgan fingerprint density at radius 1 is 1.25 bits per heavy atom. The summed E-state index contributed by atoms with van der Waals surface area (Å²) in [4.78, 5) is 18.2. The first-order valence-electron chi connectivity index (χ1n) is 9.66. The van der Waals surface area contributed by atoms with Gasteiger partial charge in [0, 0.05) is 39.1 Å². The SMILES string of the molecule is CCC(CCNC(=NC)NCCC1=CCCCC1)N1CCCC1=O. The molecule has 0 aromatic heterocycles. The number of likely N-dealkylation sites (tertiary alicyclic amines) is 1. The number of hydrogen-bond acceptors (Lipinski definition) is 2. The normalized spacial score (nSPS) is 20.1. The fourth-order valence-corrected chi connectivity index (χ4v) is 3.69. The van der Waals surface area contributed by atoms with Gasteiger partial charge in [0.2, 0.25) is 5.91 Å². The summed E-state index contributed by atoms with van der Waals surface area (Å²) < 4.78 is 0. The van der Waals surface area contributed by atoms with E-state index in [1.165, 1.54) is 25.7 Å². The molecule has 2 rings (SSSR count). The number of carbonyl (C=O) groups excluding carboxylic acids is 1. The van der Waals surface area contributed by atoms with E-state index in [1.807, 2.05) is 7.05 Å². The van der Waals surface area contributed by atoms with Crippen LogP contribution in [0.15, 0.2) is 16.6 Å². The van der Waals surface area contributed by atoms with Gasteiger partial charge in [-0.15, -0.1) is 0 Å². The van der Waals surface area contributed by atoms with Gasteiger partial charge in [-0.05, 0) is 51.4 Å². The number of guanidine groups is 1. The van der Waals surface area contributed by atoms with Crippen molar-refractivity contribution in [3.05, 3.63) is 11.6 Å². The van der Waals surface area contributed by atoms with Crippen molar-refractivity contribution in [1.82, 2.24) is 15.5 Å². The number of rotatable bonds is 8. The summed E-state index contributed by atoms with van der Waals surface area (Å²) in [6, 6.07) is 0.359. The first-order chi connectivity index (χ1) is 11.7. The van der Waals surface area contributed by atoms with Gasteiger partial charge in [0.1, 0.15) is 0 Å². The van der Waals surface area contributed by atoms with E-state index < -0.39 is 0 Å². The average molecular weight is 335 g/mol. The molecule has 5 nitrogen and oxygen atoms in total. The van der Waals surface area contributed by atoms with E-state index in [9.17, 15) is 4.79 Å². The molecule has 1 aliphatic heterocycles. The van der Waals surface area contributed by atoms with Crippen molar-refractivity contribution in [2.24, 2.45) is 4.99 Å². The molecule has 1 unspecified atom stereocenters. The first kappa shape index (κ1) is 18.8. The highest BCUT2D eigenvalue weighted by molar-refractivity contribution is 5.79. The number of nitrogens with zero attached hydrogens (tertiary/aromatic N) is 2. The predicted octanol–water partition coefficient (Wildman–Crippen LogP) is 2.83. The number of nitrogens with one attached hydrogen (secondary N) is 2. The summed E-state index contributed by atoms with van der Waals surface area (Å²) in [7, 11) is 1.82. The molecule has 24 heavy (non-hydrogen) atoms. The Labute approximate surface area is 147 Å². The summed E-state index contributed by atoms with van der Waals surface area (Å²) in [5.41, 5.74) is 1.59. The lowest BCUT2D eigenvalue weighted by molar-refractivity contribution is -0.129. The number of aliphatic imine (C=N–C) groups is 1. The molecular weight excluding hydrogens is 300 g/mol. The predicted molar refractivity (Wildman–Crippen MR) is 100 cm³/mol. The number of amides is 1. The van der Waals surface area contributed by atoms with E-state index in [-0.39, 0.29) is 0 Å². The lowest BCUT2D eigenvalue weighted by Crippen LogP contribution is -2.42. The highest BCUT2D eigenvalue weighted by atomic mass is 16.2. The lowest BCUT2D eigenvalue weighted by atomic mass is 9.97. The molecule has 2 aliphatic rings. The third kappa shape index (κ3) is 5.84. The van der Waals surface area contributed by atoms with E-state index in [4.69, 9.17) is 0 Å². The Bertz CT molecular complexity index is 458. The Balaban J connectivity index is 1.65. The van der Waals surface area contributed by atoms with Crippen LogP contribution in [0, 0.1) is 0 Å². The second-order valence-electron chi connectivity index (χ2n) is 6.83. The molecule has 1 atom stereocenters. The van der Waals surface area contributed by atoms with Gasteiger partial charge in [-0.3, -0.25) is 9.79 Å². The Kier molecular flexibility index (Phi) is 8.13. The highest BCUT2D eigenvalue weighted by Crippen LogP contribution is 2.19. The van der Waals surface area contributed by atoms with E-state index in [2.05, 4.69) is 33.5 Å². The zero-order valence-electron chi connectivity index (χ0n) is 15.4. The minimum atomic E-state index is 0.324. The standard InChI is InChI=1S/C19H34N4O/c1-3-17(23-15-7-10-18(23)24)12-14-22-19(20-2)21-13-11-16-8-5-4-6-9-16/h8,17H,3-7,9-15H2,1-2H3,(H2,20,21,22). The molecular formula is C19H34N4O. The van der Waals surface area contributed by atoms with E-state index in [0.29, 0.717) is 11.9 Å². The quantitative estimate of drug-likeness (QED) is 0.408. The second kappa shape index (κ2) is 10.4. The highest BCUT2D eigenvalue weighted by Gasteiger charge is 2.26. The van der Waals surface area contributed by atoms with Crippen molar-refractivity contribution in [2.45, 2.75) is 70.8 Å². The van der Waals surface area contributed by atoms with Crippen LogP contribution < -0.4 is 10.6 Å². The summed E-state index contributed by atoms with van der Waals surface area (Å²) >= 11 is 0. The molecule has 1 saturated heterocycles. The van der Waals surface area contributed by atoms with Crippen LogP contribution in [-0.4, -0.2) is 49.5 Å². The average Bonchev–Trinajstić information content (AvgIpc) is 3.04. The number of allylic oxidation sites excluding steroid dienone is 1. The molecule has 5 heteroatoms. The summed E-state index contributed by atoms with van der Waals surface area (Å²) in [5.74, 6) is 1.19. The van der Waals surface area contributed by atoms with Crippen molar-refractivity contribution in [2.75, 3.05) is 26.7 Å². The van der Waals surface area contributed by atoms with Gasteiger partial charge in [0.15, 0.2) is 5.96 Å². The van der Waals surface area contributed by atoms with E-state index in [1.54, 1.807) is 5.57 Å². The zero-order valence-corrected chi connectivity index (χ0v) is 15.4. The maximum absolute atomic E-state index is 11.9. The van der Waals surface area contributed by atoms with Gasteiger partial charge in [0.05, 0.1) is 0 Å². The van der Waals surface area contributed by atoms with Crippen LogP contribution in [0.3, 0.4) is 0 Å². The third-order valence-corrected chi connectivity index (χ3v) is 5.14. The minimum Gasteiger partial charge on any atom is -0.356 e. The van der Waals surface area contributed by atoms with Gasteiger partial charge in [-0.25, -0.2) is 0 Å². The molecule has 1 amide bonds. The van der Waals surface area contributed by atoms with Crippen molar-refractivity contribution < 1.29 is 4.79 Å². The van der Waals surface area contributed by atoms with Crippen molar-refractivity contribution >= 4 is 11.9 Å². The minimum absolute atomic E-state index is 0.324. The Morgan fingerprint density at radius 2 is 2.08 bits per heavy atom. The third-order valence-electron chi connectivity index (χ3n) is 5.14. The van der Waals surface area contributed by atoms with E-state index in [0.717, 1.165) is 57.7 Å². The van der Waals surface area contributed by atoms with Crippen molar-refractivity contribution in [3.8, 4) is 0 Å². The first-order valence-corrected chi connectivity index (χ1v) is 9.66. The molecule has 136 valence electrons. The van der Waals surface area contributed by atoms with Crippen LogP contribution in [0.5, 0.6) is 0 Å². The molecule has 0 saturated carbocycles. The zero-order chi connectivity index (χ0) is 17.2. The maximum Gasteiger partial charge on any atom is 0.222 e. The van der Waals surface area contributed by atoms with Crippen LogP contribution in [0.4, 0.5) is 0 Å². The van der Waals surface area contributed by atoms with Crippen LogP contribution in [-0.2, 0) is 4.79 Å². The number of carbonyl (C=O) groups is 1. The smallest absolute Gasteiger partial charge is 0.222 e. The van der Waals surface area contributed by atoms with Crippen molar-refractivity contribution in [1.29, 1.82) is 0 Å². The molecule has 0 aromatic carbocycles. The molecule has 2 N–H and O–H groups in total.